The number of aromatic nitrogens is 4. The van der Waals surface area contributed by atoms with Gasteiger partial charge in [-0.2, -0.15) is 0 Å². The van der Waals surface area contributed by atoms with Gasteiger partial charge in [0, 0.05) is 24.7 Å². The van der Waals surface area contributed by atoms with E-state index < -0.39 is 0 Å². The molecule has 4 N–H and O–H groups in total. The van der Waals surface area contributed by atoms with Crippen molar-refractivity contribution >= 4 is 23.0 Å². The van der Waals surface area contributed by atoms with Crippen LogP contribution in [0.4, 0.5) is 11.6 Å². The molecule has 3 aromatic rings. The molecule has 0 radical (unpaired) electrons. The van der Waals surface area contributed by atoms with E-state index in [0.29, 0.717) is 22.5 Å². The Morgan fingerprint density at radius 3 is 2.37 bits per heavy atom. The number of nitrogen functional groups attached to an aromatic ring is 2. The standard InChI is InChI=1S/C12H10N6S/c13-9-5-10(14)18-11(17-9)12-16-6-8(19-12)7-1-3-15-4-2-7/h1-6H,(H4,13,14,17,18). The molecule has 0 aliphatic carbocycles. The lowest BCUT2D eigenvalue weighted by atomic mass is 10.2. The smallest absolute Gasteiger partial charge is 0.192 e. The highest BCUT2D eigenvalue weighted by atomic mass is 32.1. The third-order valence-corrected chi connectivity index (χ3v) is 3.47. The number of hydrogen-bond donors (Lipinski definition) is 2. The van der Waals surface area contributed by atoms with Crippen molar-refractivity contribution in [3.8, 4) is 21.3 Å². The summed E-state index contributed by atoms with van der Waals surface area (Å²) in [6, 6.07) is 5.36. The Kier molecular flexibility index (Phi) is 2.81. The van der Waals surface area contributed by atoms with E-state index in [0.717, 1.165) is 10.4 Å². The van der Waals surface area contributed by atoms with Crippen molar-refractivity contribution in [2.75, 3.05) is 11.5 Å². The quantitative estimate of drug-likeness (QED) is 0.736. The van der Waals surface area contributed by atoms with Crippen molar-refractivity contribution in [2.24, 2.45) is 0 Å². The van der Waals surface area contributed by atoms with E-state index >= 15 is 0 Å². The summed E-state index contributed by atoms with van der Waals surface area (Å²) in [7, 11) is 0. The molecule has 94 valence electrons. The molecule has 0 aliphatic rings. The SMILES string of the molecule is Nc1cc(N)nc(-c2ncc(-c3ccncc3)s2)n1. The number of hydrogen-bond acceptors (Lipinski definition) is 7. The van der Waals surface area contributed by atoms with E-state index in [2.05, 4.69) is 19.9 Å². The first-order valence-corrected chi connectivity index (χ1v) is 6.30. The number of rotatable bonds is 2. The van der Waals surface area contributed by atoms with E-state index in [4.69, 9.17) is 11.5 Å². The maximum absolute atomic E-state index is 5.65. The number of nitrogens with zero attached hydrogens (tertiary/aromatic N) is 4. The average molecular weight is 270 g/mol. The van der Waals surface area contributed by atoms with Gasteiger partial charge < -0.3 is 11.5 Å². The number of nitrogens with two attached hydrogens (primary N) is 2. The third-order valence-electron chi connectivity index (χ3n) is 2.43. The van der Waals surface area contributed by atoms with Crippen LogP contribution in [0.2, 0.25) is 0 Å². The molecule has 19 heavy (non-hydrogen) atoms. The van der Waals surface area contributed by atoms with Gasteiger partial charge in [-0.15, -0.1) is 11.3 Å². The fourth-order valence-electron chi connectivity index (χ4n) is 1.61. The molecule has 3 aromatic heterocycles. The molecule has 3 heterocycles. The topological polar surface area (TPSA) is 104 Å². The molecule has 0 saturated carbocycles. The van der Waals surface area contributed by atoms with Crippen LogP contribution in [-0.4, -0.2) is 19.9 Å². The van der Waals surface area contributed by atoms with Crippen LogP contribution in [0.3, 0.4) is 0 Å². The highest BCUT2D eigenvalue weighted by molar-refractivity contribution is 7.18. The van der Waals surface area contributed by atoms with Gasteiger partial charge in [0.2, 0.25) is 0 Å². The third kappa shape index (κ3) is 2.36. The van der Waals surface area contributed by atoms with Gasteiger partial charge in [-0.05, 0) is 17.7 Å². The first-order valence-electron chi connectivity index (χ1n) is 5.49. The van der Waals surface area contributed by atoms with Crippen molar-refractivity contribution in [2.45, 2.75) is 0 Å². The van der Waals surface area contributed by atoms with E-state index in [1.165, 1.54) is 17.4 Å². The van der Waals surface area contributed by atoms with E-state index in [1.54, 1.807) is 18.6 Å². The van der Waals surface area contributed by atoms with E-state index in [1.807, 2.05) is 12.1 Å². The van der Waals surface area contributed by atoms with E-state index in [-0.39, 0.29) is 0 Å². The highest BCUT2D eigenvalue weighted by Crippen LogP contribution is 2.30. The van der Waals surface area contributed by atoms with Crippen LogP contribution >= 0.6 is 11.3 Å². The Labute approximate surface area is 113 Å². The Morgan fingerprint density at radius 1 is 1.00 bits per heavy atom. The summed E-state index contributed by atoms with van der Waals surface area (Å²) in [6.07, 6.45) is 5.26. The molecule has 6 nitrogen and oxygen atoms in total. The van der Waals surface area contributed by atoms with Gasteiger partial charge in [-0.25, -0.2) is 15.0 Å². The molecule has 0 unspecified atom stereocenters. The molecule has 0 aliphatic heterocycles. The summed E-state index contributed by atoms with van der Waals surface area (Å²) in [5.41, 5.74) is 12.4. The van der Waals surface area contributed by atoms with Gasteiger partial charge in [-0.1, -0.05) is 0 Å². The lowest BCUT2D eigenvalue weighted by Crippen LogP contribution is -1.99. The summed E-state index contributed by atoms with van der Waals surface area (Å²) in [5, 5.41) is 0.686. The molecule has 7 heteroatoms. The zero-order valence-electron chi connectivity index (χ0n) is 9.82. The van der Waals surface area contributed by atoms with Crippen LogP contribution in [-0.2, 0) is 0 Å². The molecule has 0 fully saturated rings. The molecule has 0 amide bonds. The molecular formula is C12H10N6S. The monoisotopic (exact) mass is 270 g/mol. The van der Waals surface area contributed by atoms with Gasteiger partial charge in [0.1, 0.15) is 11.6 Å². The minimum Gasteiger partial charge on any atom is -0.384 e. The molecule has 0 atom stereocenters. The molecule has 0 saturated heterocycles. The largest absolute Gasteiger partial charge is 0.384 e. The molecular weight excluding hydrogens is 260 g/mol. The second-order valence-corrected chi connectivity index (χ2v) is 4.84. The number of pyridine rings is 1. The molecule has 0 spiro atoms. The average Bonchev–Trinajstić information content (AvgIpc) is 2.88. The van der Waals surface area contributed by atoms with Gasteiger partial charge in [0.25, 0.3) is 0 Å². The van der Waals surface area contributed by atoms with Crippen molar-refractivity contribution in [3.05, 3.63) is 36.8 Å². The number of anilines is 2. The Balaban J connectivity index is 2.02. The summed E-state index contributed by atoms with van der Waals surface area (Å²) in [5.74, 6) is 1.12. The van der Waals surface area contributed by atoms with Gasteiger partial charge in [0.05, 0.1) is 4.88 Å². The maximum atomic E-state index is 5.65. The Bertz CT molecular complexity index is 689. The Morgan fingerprint density at radius 2 is 1.68 bits per heavy atom. The first-order chi connectivity index (χ1) is 9.22. The molecule has 3 rings (SSSR count). The highest BCUT2D eigenvalue weighted by Gasteiger charge is 2.10. The van der Waals surface area contributed by atoms with Crippen molar-refractivity contribution in [3.63, 3.8) is 0 Å². The van der Waals surface area contributed by atoms with Crippen LogP contribution in [0.15, 0.2) is 36.8 Å². The van der Waals surface area contributed by atoms with E-state index in [9.17, 15) is 0 Å². The zero-order valence-corrected chi connectivity index (χ0v) is 10.6. The maximum Gasteiger partial charge on any atom is 0.192 e. The summed E-state index contributed by atoms with van der Waals surface area (Å²) < 4.78 is 0. The van der Waals surface area contributed by atoms with Crippen LogP contribution < -0.4 is 11.5 Å². The lowest BCUT2D eigenvalue weighted by molar-refractivity contribution is 1.18. The zero-order chi connectivity index (χ0) is 13.2. The number of thiazole rings is 1. The fraction of sp³-hybridized carbons (Fsp3) is 0. The summed E-state index contributed by atoms with van der Waals surface area (Å²) >= 11 is 1.48. The van der Waals surface area contributed by atoms with Crippen LogP contribution in [0.5, 0.6) is 0 Å². The predicted molar refractivity (Wildman–Crippen MR) is 75.2 cm³/mol. The Hall–Kier alpha value is -2.54. The summed E-state index contributed by atoms with van der Waals surface area (Å²) in [6.45, 7) is 0. The second kappa shape index (κ2) is 4.62. The van der Waals surface area contributed by atoms with Crippen LogP contribution in [0, 0.1) is 0 Å². The van der Waals surface area contributed by atoms with Crippen molar-refractivity contribution in [1.29, 1.82) is 0 Å². The normalized spacial score (nSPS) is 10.5. The fourth-order valence-corrected chi connectivity index (χ4v) is 2.46. The van der Waals surface area contributed by atoms with Crippen molar-refractivity contribution < 1.29 is 0 Å². The molecule has 0 aromatic carbocycles. The van der Waals surface area contributed by atoms with Gasteiger partial charge in [-0.3, -0.25) is 4.98 Å². The summed E-state index contributed by atoms with van der Waals surface area (Å²) in [4.78, 5) is 17.6. The first kappa shape index (κ1) is 11.5. The minimum atomic E-state index is 0.336. The lowest BCUT2D eigenvalue weighted by Gasteiger charge is -1.99. The van der Waals surface area contributed by atoms with Gasteiger partial charge >= 0.3 is 0 Å². The van der Waals surface area contributed by atoms with Crippen molar-refractivity contribution in [1.82, 2.24) is 19.9 Å². The van der Waals surface area contributed by atoms with Crippen LogP contribution in [0.25, 0.3) is 21.3 Å². The predicted octanol–water partition coefficient (Wildman–Crippen LogP) is 1.83. The second-order valence-electron chi connectivity index (χ2n) is 3.81. The van der Waals surface area contributed by atoms with Crippen LogP contribution in [0.1, 0.15) is 0 Å². The minimum absolute atomic E-state index is 0.336. The molecule has 0 bridgehead atoms. The van der Waals surface area contributed by atoms with Gasteiger partial charge in [0.15, 0.2) is 10.8 Å².